The smallest absolute Gasteiger partial charge is 0.147 e. The van der Waals surface area contributed by atoms with Gasteiger partial charge in [0, 0.05) is 44.6 Å². The van der Waals surface area contributed by atoms with Gasteiger partial charge >= 0.3 is 0 Å². The number of anilines is 5. The molecule has 4 nitrogen and oxygen atoms in total. The molecule has 0 radical (unpaired) electrons. The van der Waals surface area contributed by atoms with Crippen LogP contribution in [0, 0.1) is 48.5 Å². The summed E-state index contributed by atoms with van der Waals surface area (Å²) in [5.74, 6) is 0. The predicted octanol–water partition coefficient (Wildman–Crippen LogP) is 15.2. The van der Waals surface area contributed by atoms with Gasteiger partial charge in [-0.15, -0.1) is 0 Å². The van der Waals surface area contributed by atoms with Crippen LogP contribution < -0.4 is 10.2 Å². The molecule has 2 heterocycles. The molecule has 10 rings (SSSR count). The van der Waals surface area contributed by atoms with Gasteiger partial charge in [0.05, 0.1) is 5.39 Å². The van der Waals surface area contributed by atoms with Crippen molar-refractivity contribution in [3.63, 3.8) is 0 Å². The normalized spacial score (nSPS) is 11.9. The second-order valence-corrected chi connectivity index (χ2v) is 15.6. The fraction of sp³-hybridized carbons (Fsp3) is 0.137. The molecule has 0 unspecified atom stereocenters. The minimum atomic E-state index is 0.856. The van der Waals surface area contributed by atoms with Crippen molar-refractivity contribution >= 4 is 93.9 Å². The van der Waals surface area contributed by atoms with Crippen molar-refractivity contribution in [1.82, 2.24) is 0 Å². The molecule has 0 amide bonds. The molecule has 8 aromatic carbocycles. The first-order valence-electron chi connectivity index (χ1n) is 19.1. The molecule has 0 bridgehead atoms. The third-order valence-electron chi connectivity index (χ3n) is 11.4. The molecule has 1 N–H and O–H groups in total. The molecule has 0 atom stereocenters. The number of nitrogens with one attached hydrogen (secondary N) is 1. The van der Waals surface area contributed by atoms with Gasteiger partial charge in [-0.1, -0.05) is 65.2 Å². The fourth-order valence-corrected chi connectivity index (χ4v) is 8.65. The molecule has 0 aliphatic carbocycles. The van der Waals surface area contributed by atoms with E-state index >= 15 is 0 Å². The third kappa shape index (κ3) is 5.43. The van der Waals surface area contributed by atoms with Gasteiger partial charge in [-0.25, -0.2) is 0 Å². The lowest BCUT2D eigenvalue weighted by Gasteiger charge is -2.29. The van der Waals surface area contributed by atoms with Crippen molar-refractivity contribution in [2.45, 2.75) is 48.5 Å². The van der Waals surface area contributed by atoms with Crippen LogP contribution in [0.4, 0.5) is 28.4 Å². The van der Waals surface area contributed by atoms with Crippen LogP contribution >= 0.6 is 0 Å². The van der Waals surface area contributed by atoms with Crippen LogP contribution in [-0.4, -0.2) is 0 Å². The Morgan fingerprint density at radius 1 is 0.418 bits per heavy atom. The monoisotopic (exact) mass is 714 g/mol. The van der Waals surface area contributed by atoms with Gasteiger partial charge < -0.3 is 19.1 Å². The summed E-state index contributed by atoms with van der Waals surface area (Å²) in [5, 5.41) is 12.5. The van der Waals surface area contributed by atoms with E-state index in [4.69, 9.17) is 8.83 Å². The Morgan fingerprint density at radius 2 is 1.00 bits per heavy atom. The summed E-state index contributed by atoms with van der Waals surface area (Å²) in [6.45, 7) is 15.1. The van der Waals surface area contributed by atoms with E-state index in [-0.39, 0.29) is 0 Å². The number of aryl methyl sites for hydroxylation is 7. The summed E-state index contributed by atoms with van der Waals surface area (Å²) < 4.78 is 13.5. The van der Waals surface area contributed by atoms with E-state index in [1.54, 1.807) is 0 Å². The largest absolute Gasteiger partial charge is 0.456 e. The van der Waals surface area contributed by atoms with E-state index in [2.05, 4.69) is 180 Å². The maximum Gasteiger partial charge on any atom is 0.147 e. The fourth-order valence-electron chi connectivity index (χ4n) is 8.65. The molecule has 10 aromatic rings. The first-order chi connectivity index (χ1) is 26.6. The van der Waals surface area contributed by atoms with Crippen LogP contribution in [0.25, 0.3) is 65.4 Å². The molecule has 4 heteroatoms. The Labute approximate surface area is 320 Å². The number of furan rings is 2. The van der Waals surface area contributed by atoms with E-state index in [9.17, 15) is 0 Å². The summed E-state index contributed by atoms with van der Waals surface area (Å²) >= 11 is 0. The van der Waals surface area contributed by atoms with Gasteiger partial charge in [0.25, 0.3) is 0 Å². The molecular weight excluding hydrogens is 673 g/mol. The van der Waals surface area contributed by atoms with Crippen molar-refractivity contribution in [3.8, 4) is 0 Å². The zero-order chi connectivity index (χ0) is 37.7. The number of hydrogen-bond donors (Lipinski definition) is 1. The molecule has 0 aliphatic rings. The highest BCUT2D eigenvalue weighted by Crippen LogP contribution is 2.45. The van der Waals surface area contributed by atoms with E-state index in [1.807, 2.05) is 0 Å². The number of hydrogen-bond acceptors (Lipinski definition) is 4. The van der Waals surface area contributed by atoms with Crippen LogP contribution in [0.15, 0.2) is 130 Å². The average molecular weight is 715 g/mol. The zero-order valence-electron chi connectivity index (χ0n) is 32.3. The van der Waals surface area contributed by atoms with Gasteiger partial charge in [0.2, 0.25) is 0 Å². The van der Waals surface area contributed by atoms with E-state index in [1.165, 1.54) is 50.1 Å². The van der Waals surface area contributed by atoms with Crippen LogP contribution in [0.5, 0.6) is 0 Å². The summed E-state index contributed by atoms with van der Waals surface area (Å²) in [6.07, 6.45) is 0. The lowest BCUT2D eigenvalue weighted by Crippen LogP contribution is -2.13. The molecule has 2 aromatic heterocycles. The second-order valence-electron chi connectivity index (χ2n) is 15.6. The summed E-state index contributed by atoms with van der Waals surface area (Å²) in [4.78, 5) is 2.39. The van der Waals surface area contributed by atoms with Gasteiger partial charge in [-0.05, 0) is 165 Å². The van der Waals surface area contributed by atoms with Crippen LogP contribution in [0.2, 0.25) is 0 Å². The lowest BCUT2D eigenvalue weighted by atomic mass is 10.0. The first kappa shape index (κ1) is 33.1. The Kier molecular flexibility index (Phi) is 7.37. The van der Waals surface area contributed by atoms with Crippen LogP contribution in [0.3, 0.4) is 0 Å². The van der Waals surface area contributed by atoms with E-state index in [0.717, 1.165) is 82.7 Å². The quantitative estimate of drug-likeness (QED) is 0.193. The molecular formula is C51H42N2O2. The topological polar surface area (TPSA) is 41.6 Å². The van der Waals surface area contributed by atoms with Gasteiger partial charge in [0.15, 0.2) is 0 Å². The Hall–Kier alpha value is -6.52. The number of fused-ring (bicyclic) bond motifs is 9. The summed E-state index contributed by atoms with van der Waals surface area (Å²) in [5.41, 5.74) is 17.6. The highest BCUT2D eigenvalue weighted by atomic mass is 16.3. The minimum Gasteiger partial charge on any atom is -0.456 e. The molecule has 0 saturated heterocycles. The van der Waals surface area contributed by atoms with Crippen molar-refractivity contribution in [2.75, 3.05) is 10.2 Å². The minimum absolute atomic E-state index is 0.856. The molecule has 0 fully saturated rings. The second kappa shape index (κ2) is 12.3. The zero-order valence-corrected chi connectivity index (χ0v) is 32.3. The van der Waals surface area contributed by atoms with Gasteiger partial charge in [-0.2, -0.15) is 0 Å². The van der Waals surface area contributed by atoms with Crippen LogP contribution in [-0.2, 0) is 0 Å². The number of benzene rings is 8. The van der Waals surface area contributed by atoms with Crippen molar-refractivity contribution < 1.29 is 8.83 Å². The summed E-state index contributed by atoms with van der Waals surface area (Å²) in [6, 6.07) is 44.4. The molecule has 55 heavy (non-hydrogen) atoms. The van der Waals surface area contributed by atoms with Gasteiger partial charge in [-0.3, -0.25) is 0 Å². The molecule has 268 valence electrons. The average Bonchev–Trinajstić information content (AvgIpc) is 3.70. The number of rotatable bonds is 5. The van der Waals surface area contributed by atoms with Crippen molar-refractivity contribution in [1.29, 1.82) is 0 Å². The first-order valence-corrected chi connectivity index (χ1v) is 19.1. The number of nitrogens with zero attached hydrogens (tertiary/aromatic N) is 1. The Morgan fingerprint density at radius 3 is 1.67 bits per heavy atom. The highest BCUT2D eigenvalue weighted by Gasteiger charge is 2.21. The third-order valence-corrected chi connectivity index (χ3v) is 11.4. The lowest BCUT2D eigenvalue weighted by molar-refractivity contribution is 0.661. The molecule has 0 spiro atoms. The SMILES string of the molecule is Cc1ccc(Nc2ccc3cc4c(cc3c2)oc2c(C)cc3c5cc6ccc(N(c7ccc(C)cc7C)c7ccc(C)cc7C)cc6cc5oc3c24)c(C)c1. The highest BCUT2D eigenvalue weighted by molar-refractivity contribution is 6.25. The van der Waals surface area contributed by atoms with E-state index in [0.29, 0.717) is 0 Å². The molecule has 0 aliphatic heterocycles. The maximum atomic E-state index is 6.86. The Bertz CT molecular complexity index is 3160. The Balaban J connectivity index is 1.11. The maximum absolute atomic E-state index is 6.86. The van der Waals surface area contributed by atoms with Crippen LogP contribution in [0.1, 0.15) is 38.9 Å². The predicted molar refractivity (Wildman–Crippen MR) is 234 cm³/mol. The van der Waals surface area contributed by atoms with Crippen molar-refractivity contribution in [3.05, 3.63) is 160 Å². The van der Waals surface area contributed by atoms with Gasteiger partial charge in [0.1, 0.15) is 22.3 Å². The van der Waals surface area contributed by atoms with Crippen molar-refractivity contribution in [2.24, 2.45) is 0 Å². The van der Waals surface area contributed by atoms with E-state index < -0.39 is 0 Å². The summed E-state index contributed by atoms with van der Waals surface area (Å²) in [7, 11) is 0. The standard InChI is InChI=1S/C51H42N2O2/c1-28-8-15-44(31(4)18-28)52-39-13-11-35-25-43-48(26-37(35)22-39)54-50-34(7)21-42-41-24-36-12-14-40(23-38(36)27-47(41)55-51(42)49(43)50)53(45-16-9-29(2)19-32(45)5)46-17-10-30(3)20-33(46)6/h8-27,52H,1-7H3. The molecule has 0 saturated carbocycles.